The minimum Gasteiger partial charge on any atom is -0.306 e. The fraction of sp³-hybridized carbons (Fsp3) is 0.333. The van der Waals surface area contributed by atoms with Gasteiger partial charge < -0.3 is 4.90 Å². The van der Waals surface area contributed by atoms with Crippen molar-refractivity contribution in [1.82, 2.24) is 4.90 Å². The van der Waals surface area contributed by atoms with Crippen molar-refractivity contribution in [3.63, 3.8) is 0 Å². The van der Waals surface area contributed by atoms with Crippen molar-refractivity contribution in [2.45, 2.75) is 24.8 Å². The average Bonchev–Trinajstić information content (AvgIpc) is 2.47. The van der Waals surface area contributed by atoms with Crippen LogP contribution in [0.25, 0.3) is 0 Å². The van der Waals surface area contributed by atoms with Crippen LogP contribution in [0.4, 0.5) is 0 Å². The van der Waals surface area contributed by atoms with Crippen molar-refractivity contribution in [3.05, 3.63) is 69.7 Å². The predicted molar refractivity (Wildman–Crippen MR) is 95.5 cm³/mol. The lowest BCUT2D eigenvalue weighted by molar-refractivity contribution is 0.258. The SMILES string of the molecule is CN(C)[C@H]1Cc2ccccc2[C@H](c2ccc(Br)cc2)C1.Cl. The Bertz CT molecular complexity index is 594. The monoisotopic (exact) mass is 365 g/mol. The van der Waals surface area contributed by atoms with Crippen LogP contribution in [0.2, 0.25) is 0 Å². The molecule has 0 spiro atoms. The van der Waals surface area contributed by atoms with Crippen molar-refractivity contribution < 1.29 is 0 Å². The minimum atomic E-state index is 0. The second-order valence-corrected chi connectivity index (χ2v) is 6.78. The first-order chi connectivity index (χ1) is 9.65. The van der Waals surface area contributed by atoms with Crippen LogP contribution in [0.15, 0.2) is 53.0 Å². The molecule has 112 valence electrons. The number of likely N-dealkylation sites (N-methyl/N-ethyl adjacent to an activating group) is 1. The zero-order valence-electron chi connectivity index (χ0n) is 12.4. The largest absolute Gasteiger partial charge is 0.306 e. The number of rotatable bonds is 2. The summed E-state index contributed by atoms with van der Waals surface area (Å²) in [5.74, 6) is 0.514. The third-order valence-corrected chi connectivity index (χ3v) is 4.93. The number of fused-ring (bicyclic) bond motifs is 1. The van der Waals surface area contributed by atoms with Crippen LogP contribution < -0.4 is 0 Å². The van der Waals surface area contributed by atoms with Crippen LogP contribution >= 0.6 is 28.3 Å². The van der Waals surface area contributed by atoms with Gasteiger partial charge in [0.1, 0.15) is 0 Å². The van der Waals surface area contributed by atoms with Gasteiger partial charge in [0.25, 0.3) is 0 Å². The Kier molecular flexibility index (Phi) is 5.48. The first-order valence-electron chi connectivity index (χ1n) is 7.15. The summed E-state index contributed by atoms with van der Waals surface area (Å²) in [6.07, 6.45) is 2.36. The fourth-order valence-corrected chi connectivity index (χ4v) is 3.46. The Morgan fingerprint density at radius 2 is 1.67 bits per heavy atom. The number of hydrogen-bond donors (Lipinski definition) is 0. The maximum absolute atomic E-state index is 3.53. The molecule has 0 N–H and O–H groups in total. The van der Waals surface area contributed by atoms with Gasteiger partial charge in [0.2, 0.25) is 0 Å². The van der Waals surface area contributed by atoms with E-state index >= 15 is 0 Å². The van der Waals surface area contributed by atoms with E-state index in [0.717, 1.165) is 10.9 Å². The summed E-state index contributed by atoms with van der Waals surface area (Å²) in [5.41, 5.74) is 4.44. The van der Waals surface area contributed by atoms with E-state index in [0.29, 0.717) is 12.0 Å². The molecule has 1 nitrogen and oxygen atoms in total. The van der Waals surface area contributed by atoms with Gasteiger partial charge in [0.15, 0.2) is 0 Å². The molecule has 0 fully saturated rings. The van der Waals surface area contributed by atoms with Crippen LogP contribution in [0.3, 0.4) is 0 Å². The standard InChI is InChI=1S/C18H20BrN.ClH/c1-20(2)16-11-14-5-3-4-6-17(14)18(12-16)13-7-9-15(19)10-8-13;/h3-10,16,18H,11-12H2,1-2H3;1H/t16-,18-;/m0./s1. The lowest BCUT2D eigenvalue weighted by Gasteiger charge is -2.35. The summed E-state index contributed by atoms with van der Waals surface area (Å²) in [7, 11) is 4.38. The molecule has 0 radical (unpaired) electrons. The molecular formula is C18H21BrClN. The number of halogens is 2. The predicted octanol–water partition coefficient (Wildman–Crippen LogP) is 4.88. The molecule has 1 aliphatic rings. The van der Waals surface area contributed by atoms with Crippen LogP contribution in [0, 0.1) is 0 Å². The molecule has 1 aliphatic carbocycles. The molecule has 2 aromatic rings. The van der Waals surface area contributed by atoms with Gasteiger partial charge in [0, 0.05) is 16.4 Å². The Morgan fingerprint density at radius 3 is 2.33 bits per heavy atom. The molecule has 0 bridgehead atoms. The second-order valence-electron chi connectivity index (χ2n) is 5.86. The molecule has 0 saturated heterocycles. The zero-order valence-corrected chi connectivity index (χ0v) is 14.8. The third-order valence-electron chi connectivity index (χ3n) is 4.40. The molecule has 3 rings (SSSR count). The van der Waals surface area contributed by atoms with Gasteiger partial charge in [-0.3, -0.25) is 0 Å². The first kappa shape index (κ1) is 16.5. The Morgan fingerprint density at radius 1 is 1.00 bits per heavy atom. The molecule has 3 heteroatoms. The topological polar surface area (TPSA) is 3.24 Å². The Balaban J connectivity index is 0.00000161. The summed E-state index contributed by atoms with van der Waals surface area (Å²) in [4.78, 5) is 2.36. The summed E-state index contributed by atoms with van der Waals surface area (Å²) in [6, 6.07) is 18.3. The van der Waals surface area contributed by atoms with Gasteiger partial charge in [-0.2, -0.15) is 0 Å². The zero-order chi connectivity index (χ0) is 14.1. The summed E-state index contributed by atoms with van der Waals surface area (Å²) in [5, 5.41) is 0. The molecule has 21 heavy (non-hydrogen) atoms. The van der Waals surface area contributed by atoms with Gasteiger partial charge in [-0.15, -0.1) is 12.4 Å². The van der Waals surface area contributed by atoms with E-state index in [2.05, 4.69) is 83.5 Å². The van der Waals surface area contributed by atoms with Crippen molar-refractivity contribution in [2.75, 3.05) is 14.1 Å². The lowest BCUT2D eigenvalue weighted by Crippen LogP contribution is -2.35. The highest BCUT2D eigenvalue weighted by molar-refractivity contribution is 9.10. The Hall–Kier alpha value is -0.830. The highest BCUT2D eigenvalue weighted by Gasteiger charge is 2.28. The molecule has 0 heterocycles. The fourth-order valence-electron chi connectivity index (χ4n) is 3.20. The van der Waals surface area contributed by atoms with Crippen LogP contribution in [-0.2, 0) is 6.42 Å². The first-order valence-corrected chi connectivity index (χ1v) is 7.94. The maximum atomic E-state index is 3.53. The van der Waals surface area contributed by atoms with Crippen LogP contribution in [0.5, 0.6) is 0 Å². The van der Waals surface area contributed by atoms with Gasteiger partial charge in [0.05, 0.1) is 0 Å². The van der Waals surface area contributed by atoms with Gasteiger partial charge >= 0.3 is 0 Å². The highest BCUT2D eigenvalue weighted by Crippen LogP contribution is 2.38. The molecule has 0 aromatic heterocycles. The summed E-state index contributed by atoms with van der Waals surface area (Å²) < 4.78 is 1.15. The number of hydrogen-bond acceptors (Lipinski definition) is 1. The van der Waals surface area contributed by atoms with E-state index in [9.17, 15) is 0 Å². The molecule has 2 atom stereocenters. The minimum absolute atomic E-state index is 0. The van der Waals surface area contributed by atoms with E-state index < -0.39 is 0 Å². The van der Waals surface area contributed by atoms with Crippen LogP contribution in [0.1, 0.15) is 29.0 Å². The maximum Gasteiger partial charge on any atom is 0.0175 e. The summed E-state index contributed by atoms with van der Waals surface area (Å²) in [6.45, 7) is 0. The molecule has 0 amide bonds. The number of benzene rings is 2. The normalized spacial score (nSPS) is 20.8. The lowest BCUT2D eigenvalue weighted by atomic mass is 9.76. The smallest absolute Gasteiger partial charge is 0.0175 e. The van der Waals surface area contributed by atoms with E-state index in [4.69, 9.17) is 0 Å². The van der Waals surface area contributed by atoms with Crippen molar-refractivity contribution >= 4 is 28.3 Å². The van der Waals surface area contributed by atoms with E-state index in [-0.39, 0.29) is 12.4 Å². The molecule has 0 aliphatic heterocycles. The van der Waals surface area contributed by atoms with Gasteiger partial charge in [-0.25, -0.2) is 0 Å². The van der Waals surface area contributed by atoms with Crippen molar-refractivity contribution in [2.24, 2.45) is 0 Å². The van der Waals surface area contributed by atoms with Gasteiger partial charge in [-0.05, 0) is 55.8 Å². The molecule has 0 unspecified atom stereocenters. The second kappa shape index (κ2) is 6.95. The molecule has 2 aromatic carbocycles. The van der Waals surface area contributed by atoms with E-state index in [1.54, 1.807) is 0 Å². The van der Waals surface area contributed by atoms with Crippen LogP contribution in [-0.4, -0.2) is 25.0 Å². The van der Waals surface area contributed by atoms with E-state index in [1.165, 1.54) is 23.1 Å². The molecule has 0 saturated carbocycles. The quantitative estimate of drug-likeness (QED) is 0.732. The van der Waals surface area contributed by atoms with Crippen molar-refractivity contribution in [3.8, 4) is 0 Å². The third kappa shape index (κ3) is 3.50. The molecular weight excluding hydrogens is 346 g/mol. The van der Waals surface area contributed by atoms with Crippen molar-refractivity contribution in [1.29, 1.82) is 0 Å². The summed E-state index contributed by atoms with van der Waals surface area (Å²) >= 11 is 3.53. The highest BCUT2D eigenvalue weighted by atomic mass is 79.9. The number of nitrogens with zero attached hydrogens (tertiary/aromatic N) is 1. The van der Waals surface area contributed by atoms with E-state index in [1.807, 2.05) is 0 Å². The average molecular weight is 367 g/mol. The Labute approximate surface area is 141 Å². The van der Waals surface area contributed by atoms with Gasteiger partial charge in [-0.1, -0.05) is 52.3 Å².